The highest BCUT2D eigenvalue weighted by Gasteiger charge is 2.42. The van der Waals surface area contributed by atoms with E-state index in [0.717, 1.165) is 18.9 Å². The first kappa shape index (κ1) is 15.7. The number of carboxylic acid groups (broad SMARTS) is 1. The maximum absolute atomic E-state index is 12.2. The topological polar surface area (TPSA) is 113 Å². The van der Waals surface area contributed by atoms with Crippen LogP contribution in [0.25, 0.3) is 0 Å². The maximum atomic E-state index is 12.2. The predicted molar refractivity (Wildman–Crippen MR) is 73.9 cm³/mol. The van der Waals surface area contributed by atoms with E-state index in [1.165, 1.54) is 19.2 Å². The van der Waals surface area contributed by atoms with Gasteiger partial charge in [0.1, 0.15) is 11.3 Å². The Morgan fingerprint density at radius 1 is 1.43 bits per heavy atom. The number of aliphatic hydroxyl groups is 1. The van der Waals surface area contributed by atoms with Gasteiger partial charge < -0.3 is 14.9 Å². The van der Waals surface area contributed by atoms with Crippen molar-refractivity contribution in [1.29, 1.82) is 0 Å². The van der Waals surface area contributed by atoms with E-state index in [4.69, 9.17) is 9.84 Å². The first-order chi connectivity index (χ1) is 9.83. The molecule has 1 aromatic carbocycles. The number of carboxylic acids is 1. The smallest absolute Gasteiger partial charge is 0.339 e. The largest absolute Gasteiger partial charge is 0.496 e. The van der Waals surface area contributed by atoms with Crippen molar-refractivity contribution in [2.45, 2.75) is 17.7 Å². The van der Waals surface area contributed by atoms with Crippen molar-refractivity contribution in [2.75, 3.05) is 20.3 Å². The van der Waals surface area contributed by atoms with E-state index in [0.29, 0.717) is 0 Å². The Morgan fingerprint density at radius 3 is 2.57 bits per heavy atom. The summed E-state index contributed by atoms with van der Waals surface area (Å²) in [5, 5.41) is 18.2. The molecule has 0 saturated heterocycles. The Kier molecular flexibility index (Phi) is 4.22. The van der Waals surface area contributed by atoms with E-state index in [1.54, 1.807) is 0 Å². The van der Waals surface area contributed by atoms with Crippen molar-refractivity contribution in [2.24, 2.45) is 5.41 Å². The van der Waals surface area contributed by atoms with E-state index < -0.39 is 16.0 Å². The second-order valence-corrected chi connectivity index (χ2v) is 6.92. The molecule has 2 rings (SSSR count). The maximum Gasteiger partial charge on any atom is 0.339 e. The second-order valence-electron chi connectivity index (χ2n) is 5.15. The summed E-state index contributed by atoms with van der Waals surface area (Å²) in [6.07, 6.45) is 1.55. The van der Waals surface area contributed by atoms with Crippen LogP contribution in [0.1, 0.15) is 23.2 Å². The molecule has 1 aromatic rings. The van der Waals surface area contributed by atoms with E-state index in [2.05, 4.69) is 4.72 Å². The predicted octanol–water partition coefficient (Wildman–Crippen LogP) is 0.444. The number of hydrogen-bond donors (Lipinski definition) is 3. The third-order valence-corrected chi connectivity index (χ3v) is 5.04. The number of methoxy groups -OCH3 is 1. The lowest BCUT2D eigenvalue weighted by Crippen LogP contribution is -2.32. The average Bonchev–Trinajstić information content (AvgIpc) is 3.25. The summed E-state index contributed by atoms with van der Waals surface area (Å²) in [7, 11) is -2.51. The molecule has 1 fully saturated rings. The molecule has 3 N–H and O–H groups in total. The Hall–Kier alpha value is -1.64. The minimum atomic E-state index is -3.82. The molecule has 0 radical (unpaired) electrons. The number of ether oxygens (including phenoxy) is 1. The van der Waals surface area contributed by atoms with Crippen LogP contribution in [0.15, 0.2) is 23.1 Å². The number of hydrogen-bond acceptors (Lipinski definition) is 5. The van der Waals surface area contributed by atoms with E-state index in [1.807, 2.05) is 0 Å². The Balaban J connectivity index is 2.23. The van der Waals surface area contributed by atoms with Crippen LogP contribution in [-0.2, 0) is 10.0 Å². The van der Waals surface area contributed by atoms with E-state index in [9.17, 15) is 18.3 Å². The molecule has 0 bridgehead atoms. The standard InChI is InChI=1S/C13H17NO6S/c1-20-11-3-2-9(6-10(11)12(16)17)21(18,19)14-7-13(8-15)4-5-13/h2-3,6,14-15H,4-5,7-8H2,1H3,(H,16,17). The Bertz CT molecular complexity index is 651. The molecule has 0 amide bonds. The van der Waals surface area contributed by atoms with Crippen LogP contribution in [0.3, 0.4) is 0 Å². The highest BCUT2D eigenvalue weighted by molar-refractivity contribution is 7.89. The van der Waals surface area contributed by atoms with Gasteiger partial charge in [0.2, 0.25) is 10.0 Å². The fraction of sp³-hybridized carbons (Fsp3) is 0.462. The quantitative estimate of drug-likeness (QED) is 0.673. The minimum absolute atomic E-state index is 0.0709. The zero-order chi connectivity index (χ0) is 15.7. The molecule has 1 aliphatic carbocycles. The van der Waals surface area contributed by atoms with Gasteiger partial charge in [-0.1, -0.05) is 0 Å². The summed E-state index contributed by atoms with van der Waals surface area (Å²) < 4.78 is 31.6. The van der Waals surface area contributed by atoms with Gasteiger partial charge in [0.15, 0.2) is 0 Å². The van der Waals surface area contributed by atoms with Crippen LogP contribution in [-0.4, -0.2) is 44.9 Å². The zero-order valence-corrected chi connectivity index (χ0v) is 12.3. The van der Waals surface area contributed by atoms with Crippen molar-refractivity contribution < 1.29 is 28.2 Å². The summed E-state index contributed by atoms with van der Waals surface area (Å²) in [6.45, 7) is 0.0682. The molecule has 0 aromatic heterocycles. The number of nitrogens with one attached hydrogen (secondary N) is 1. The normalized spacial score (nSPS) is 16.5. The van der Waals surface area contributed by atoms with Gasteiger partial charge in [0.25, 0.3) is 0 Å². The van der Waals surface area contributed by atoms with E-state index in [-0.39, 0.29) is 34.8 Å². The SMILES string of the molecule is COc1ccc(S(=O)(=O)NCC2(CO)CC2)cc1C(=O)O. The van der Waals surface area contributed by atoms with Crippen LogP contribution in [0.4, 0.5) is 0 Å². The molecule has 0 atom stereocenters. The number of benzene rings is 1. The summed E-state index contributed by atoms with van der Waals surface area (Å²) in [5.74, 6) is -1.17. The molecule has 0 spiro atoms. The van der Waals surface area contributed by atoms with Crippen LogP contribution < -0.4 is 9.46 Å². The number of rotatable bonds is 7. The van der Waals surface area contributed by atoms with Crippen molar-refractivity contribution >= 4 is 16.0 Å². The average molecular weight is 315 g/mol. The molecule has 0 aliphatic heterocycles. The van der Waals surface area contributed by atoms with Gasteiger partial charge in [0.05, 0.1) is 12.0 Å². The number of carbonyl (C=O) groups is 1. The Morgan fingerprint density at radius 2 is 2.10 bits per heavy atom. The molecule has 21 heavy (non-hydrogen) atoms. The Labute approximate surface area is 122 Å². The van der Waals surface area contributed by atoms with Crippen LogP contribution in [0.2, 0.25) is 0 Å². The highest BCUT2D eigenvalue weighted by atomic mass is 32.2. The molecule has 1 aliphatic rings. The van der Waals surface area contributed by atoms with Gasteiger partial charge in [-0.25, -0.2) is 17.9 Å². The summed E-state index contributed by atoms with van der Waals surface area (Å²) >= 11 is 0. The lowest BCUT2D eigenvalue weighted by molar-refractivity contribution is 0.0693. The third kappa shape index (κ3) is 3.34. The van der Waals surface area contributed by atoms with Gasteiger partial charge in [-0.15, -0.1) is 0 Å². The van der Waals surface area contributed by atoms with Crippen molar-refractivity contribution in [3.63, 3.8) is 0 Å². The third-order valence-electron chi connectivity index (χ3n) is 3.64. The van der Waals surface area contributed by atoms with Gasteiger partial charge in [0, 0.05) is 18.6 Å². The number of sulfonamides is 1. The molecule has 0 heterocycles. The van der Waals surface area contributed by atoms with Crippen molar-refractivity contribution in [3.8, 4) is 5.75 Å². The summed E-state index contributed by atoms with van der Waals surface area (Å²) in [4.78, 5) is 11.0. The zero-order valence-electron chi connectivity index (χ0n) is 11.5. The fourth-order valence-electron chi connectivity index (χ4n) is 1.92. The summed E-state index contributed by atoms with van der Waals surface area (Å²) in [6, 6.07) is 3.64. The van der Waals surface area contributed by atoms with Gasteiger partial charge in [-0.05, 0) is 31.0 Å². The van der Waals surface area contributed by atoms with Crippen molar-refractivity contribution in [3.05, 3.63) is 23.8 Å². The molecule has 0 unspecified atom stereocenters. The molecule has 116 valence electrons. The lowest BCUT2D eigenvalue weighted by atomic mass is 10.1. The molecule has 7 nitrogen and oxygen atoms in total. The highest BCUT2D eigenvalue weighted by Crippen LogP contribution is 2.44. The number of aliphatic hydroxyl groups excluding tert-OH is 1. The molecular weight excluding hydrogens is 298 g/mol. The molecule has 1 saturated carbocycles. The van der Waals surface area contributed by atoms with Gasteiger partial charge in [-0.3, -0.25) is 0 Å². The van der Waals surface area contributed by atoms with E-state index >= 15 is 0 Å². The first-order valence-electron chi connectivity index (χ1n) is 6.35. The second kappa shape index (κ2) is 5.63. The molecule has 8 heteroatoms. The number of aromatic carboxylic acids is 1. The van der Waals surface area contributed by atoms with Gasteiger partial charge >= 0.3 is 5.97 Å². The fourth-order valence-corrected chi connectivity index (χ4v) is 3.10. The summed E-state index contributed by atoms with van der Waals surface area (Å²) in [5.41, 5.74) is -0.585. The monoisotopic (exact) mass is 315 g/mol. The van der Waals surface area contributed by atoms with Crippen molar-refractivity contribution in [1.82, 2.24) is 4.72 Å². The lowest BCUT2D eigenvalue weighted by Gasteiger charge is -2.14. The van der Waals surface area contributed by atoms with Gasteiger partial charge in [-0.2, -0.15) is 0 Å². The minimum Gasteiger partial charge on any atom is -0.496 e. The van der Waals surface area contributed by atoms with Crippen LogP contribution in [0, 0.1) is 5.41 Å². The molecular formula is C13H17NO6S. The first-order valence-corrected chi connectivity index (χ1v) is 7.84. The van der Waals surface area contributed by atoms with Crippen LogP contribution >= 0.6 is 0 Å². The van der Waals surface area contributed by atoms with Crippen LogP contribution in [0.5, 0.6) is 5.75 Å².